The van der Waals surface area contributed by atoms with Gasteiger partial charge in [-0.15, -0.1) is 0 Å². The SMILES string of the molecule is COc1cc(Cl)c(C)cc1NC(=O)C1CCN(c2nc3ccccc3n2Cc2cccc(F)c2)CC1. The number of hydrogen-bond donors (Lipinski definition) is 1. The Bertz CT molecular complexity index is 1410. The van der Waals surface area contributed by atoms with E-state index in [1.165, 1.54) is 6.07 Å². The molecule has 1 aliphatic rings. The van der Waals surface area contributed by atoms with Crippen molar-refractivity contribution in [3.8, 4) is 5.75 Å². The van der Waals surface area contributed by atoms with Crippen LogP contribution in [-0.4, -0.2) is 35.7 Å². The van der Waals surface area contributed by atoms with E-state index in [-0.39, 0.29) is 17.6 Å². The quantitative estimate of drug-likeness (QED) is 0.346. The van der Waals surface area contributed by atoms with E-state index in [9.17, 15) is 9.18 Å². The van der Waals surface area contributed by atoms with Crippen LogP contribution in [0.4, 0.5) is 16.0 Å². The molecule has 5 rings (SSSR count). The number of carbonyl (C=O) groups excluding carboxylic acids is 1. The maximum atomic E-state index is 13.8. The number of amides is 1. The summed E-state index contributed by atoms with van der Waals surface area (Å²) in [6, 6.07) is 18.2. The van der Waals surface area contributed by atoms with Gasteiger partial charge in [0.05, 0.1) is 30.4 Å². The lowest BCUT2D eigenvalue weighted by Gasteiger charge is -2.32. The van der Waals surface area contributed by atoms with Gasteiger partial charge in [0.25, 0.3) is 0 Å². The summed E-state index contributed by atoms with van der Waals surface area (Å²) in [6.45, 7) is 3.80. The molecule has 3 aromatic carbocycles. The fourth-order valence-corrected chi connectivity index (χ4v) is 4.94. The number of rotatable bonds is 6. The zero-order valence-electron chi connectivity index (χ0n) is 20.3. The minimum absolute atomic E-state index is 0.0251. The van der Waals surface area contributed by atoms with Gasteiger partial charge in [0.2, 0.25) is 11.9 Å². The molecule has 186 valence electrons. The van der Waals surface area contributed by atoms with E-state index in [0.717, 1.165) is 28.1 Å². The van der Waals surface area contributed by atoms with E-state index in [2.05, 4.69) is 14.8 Å². The third-order valence-electron chi connectivity index (χ3n) is 6.75. The molecule has 0 atom stereocenters. The third-order valence-corrected chi connectivity index (χ3v) is 7.16. The Labute approximate surface area is 214 Å². The van der Waals surface area contributed by atoms with E-state index in [0.29, 0.717) is 48.9 Å². The van der Waals surface area contributed by atoms with Gasteiger partial charge < -0.3 is 19.5 Å². The van der Waals surface area contributed by atoms with Crippen LogP contribution in [-0.2, 0) is 11.3 Å². The lowest BCUT2D eigenvalue weighted by molar-refractivity contribution is -0.120. The molecule has 0 spiro atoms. The number of imidazole rings is 1. The maximum absolute atomic E-state index is 13.8. The Hall–Kier alpha value is -3.58. The van der Waals surface area contributed by atoms with Crippen molar-refractivity contribution >= 4 is 40.2 Å². The second-order valence-electron chi connectivity index (χ2n) is 9.17. The van der Waals surface area contributed by atoms with Gasteiger partial charge in [-0.1, -0.05) is 35.9 Å². The molecule has 4 aromatic rings. The predicted molar refractivity (Wildman–Crippen MR) is 142 cm³/mol. The molecule has 6 nitrogen and oxygen atoms in total. The zero-order valence-corrected chi connectivity index (χ0v) is 21.1. The van der Waals surface area contributed by atoms with E-state index in [1.54, 1.807) is 25.3 Å². The van der Waals surface area contributed by atoms with Crippen LogP contribution in [0.1, 0.15) is 24.0 Å². The van der Waals surface area contributed by atoms with Gasteiger partial charge in [-0.05, 0) is 61.2 Å². The first-order chi connectivity index (χ1) is 17.4. The first-order valence-corrected chi connectivity index (χ1v) is 12.4. The molecule has 1 fully saturated rings. The number of methoxy groups -OCH3 is 1. The highest BCUT2D eigenvalue weighted by Gasteiger charge is 2.28. The number of ether oxygens (including phenoxy) is 1. The summed E-state index contributed by atoms with van der Waals surface area (Å²) in [5.74, 6) is 0.987. The smallest absolute Gasteiger partial charge is 0.227 e. The van der Waals surface area contributed by atoms with Crippen molar-refractivity contribution in [1.29, 1.82) is 0 Å². The number of aryl methyl sites for hydroxylation is 1. The first-order valence-electron chi connectivity index (χ1n) is 12.0. The Kier molecular flexibility index (Phi) is 6.83. The predicted octanol–water partition coefficient (Wildman–Crippen LogP) is 6.05. The Balaban J connectivity index is 1.33. The lowest BCUT2D eigenvalue weighted by Crippen LogP contribution is -2.39. The topological polar surface area (TPSA) is 59.4 Å². The van der Waals surface area contributed by atoms with Gasteiger partial charge in [-0.3, -0.25) is 4.79 Å². The normalized spacial score (nSPS) is 14.3. The van der Waals surface area contributed by atoms with Gasteiger partial charge >= 0.3 is 0 Å². The van der Waals surface area contributed by atoms with Gasteiger partial charge in [-0.2, -0.15) is 0 Å². The molecular weight excluding hydrogens is 479 g/mol. The van der Waals surface area contributed by atoms with Crippen LogP contribution in [0.3, 0.4) is 0 Å². The summed E-state index contributed by atoms with van der Waals surface area (Å²) >= 11 is 6.20. The van der Waals surface area contributed by atoms with Crippen molar-refractivity contribution in [2.45, 2.75) is 26.3 Å². The number of anilines is 2. The summed E-state index contributed by atoms with van der Waals surface area (Å²) in [6.07, 6.45) is 1.40. The standard InChI is InChI=1S/C28H28ClFN4O2/c1-18-14-24(26(36-2)16-22(18)29)31-27(35)20-10-12-33(13-11-20)28-32-23-8-3-4-9-25(23)34(28)17-19-6-5-7-21(30)15-19/h3-9,14-16,20H,10-13,17H2,1-2H3,(H,31,35). The number of aromatic nitrogens is 2. The highest BCUT2D eigenvalue weighted by molar-refractivity contribution is 6.31. The zero-order chi connectivity index (χ0) is 25.2. The van der Waals surface area contributed by atoms with Crippen LogP contribution in [0.25, 0.3) is 11.0 Å². The fraction of sp³-hybridized carbons (Fsp3) is 0.286. The minimum atomic E-state index is -0.252. The number of carbonyl (C=O) groups is 1. The van der Waals surface area contributed by atoms with Gasteiger partial charge in [0.15, 0.2) is 0 Å². The number of nitrogens with one attached hydrogen (secondary N) is 1. The molecule has 0 bridgehead atoms. The molecule has 0 saturated carbocycles. The Morgan fingerprint density at radius 1 is 1.14 bits per heavy atom. The average Bonchev–Trinajstić information content (AvgIpc) is 3.24. The highest BCUT2D eigenvalue weighted by atomic mass is 35.5. The third kappa shape index (κ3) is 4.88. The Morgan fingerprint density at radius 3 is 2.67 bits per heavy atom. The van der Waals surface area contributed by atoms with Crippen molar-refractivity contribution in [2.24, 2.45) is 5.92 Å². The number of benzene rings is 3. The minimum Gasteiger partial charge on any atom is -0.495 e. The van der Waals surface area contributed by atoms with Crippen LogP contribution < -0.4 is 15.0 Å². The molecule has 8 heteroatoms. The van der Waals surface area contributed by atoms with Crippen LogP contribution in [0.15, 0.2) is 60.7 Å². The van der Waals surface area contributed by atoms with Crippen molar-refractivity contribution in [3.63, 3.8) is 0 Å². The summed E-state index contributed by atoms with van der Waals surface area (Å²) < 4.78 is 21.4. The number of hydrogen-bond acceptors (Lipinski definition) is 4. The molecule has 1 N–H and O–H groups in total. The maximum Gasteiger partial charge on any atom is 0.227 e. The number of para-hydroxylation sites is 2. The van der Waals surface area contributed by atoms with Crippen LogP contribution in [0, 0.1) is 18.7 Å². The molecule has 1 saturated heterocycles. The van der Waals surface area contributed by atoms with Gasteiger partial charge in [0, 0.05) is 30.1 Å². The van der Waals surface area contributed by atoms with Crippen LogP contribution in [0.5, 0.6) is 5.75 Å². The second-order valence-corrected chi connectivity index (χ2v) is 9.58. The summed E-state index contributed by atoms with van der Waals surface area (Å²) in [5.41, 5.74) is 4.28. The second kappa shape index (κ2) is 10.2. The number of halogens is 2. The first kappa shape index (κ1) is 24.1. The molecule has 1 aliphatic heterocycles. The molecule has 1 amide bonds. The van der Waals surface area contributed by atoms with E-state index in [1.807, 2.05) is 43.3 Å². The average molecular weight is 507 g/mol. The molecule has 36 heavy (non-hydrogen) atoms. The van der Waals surface area contributed by atoms with Crippen molar-refractivity contribution in [2.75, 3.05) is 30.4 Å². The van der Waals surface area contributed by atoms with Crippen LogP contribution >= 0.6 is 11.6 Å². The lowest BCUT2D eigenvalue weighted by atomic mass is 9.96. The van der Waals surface area contributed by atoms with Crippen molar-refractivity contribution in [3.05, 3.63) is 82.6 Å². The number of nitrogens with zero attached hydrogens (tertiary/aromatic N) is 3. The van der Waals surface area contributed by atoms with Gasteiger partial charge in [0.1, 0.15) is 11.6 Å². The van der Waals surface area contributed by atoms with Crippen molar-refractivity contribution < 1.29 is 13.9 Å². The largest absolute Gasteiger partial charge is 0.495 e. The molecule has 1 aromatic heterocycles. The van der Waals surface area contributed by atoms with E-state index >= 15 is 0 Å². The summed E-state index contributed by atoms with van der Waals surface area (Å²) in [4.78, 5) is 20.2. The highest BCUT2D eigenvalue weighted by Crippen LogP contribution is 2.33. The molecule has 0 aliphatic carbocycles. The van der Waals surface area contributed by atoms with E-state index < -0.39 is 0 Å². The fourth-order valence-electron chi connectivity index (χ4n) is 4.78. The summed E-state index contributed by atoms with van der Waals surface area (Å²) in [5, 5.41) is 3.62. The van der Waals surface area contributed by atoms with Crippen molar-refractivity contribution in [1.82, 2.24) is 9.55 Å². The van der Waals surface area contributed by atoms with Gasteiger partial charge in [-0.25, -0.2) is 9.37 Å². The Morgan fingerprint density at radius 2 is 1.92 bits per heavy atom. The number of piperidine rings is 1. The van der Waals surface area contributed by atoms with Crippen LogP contribution in [0.2, 0.25) is 5.02 Å². The summed E-state index contributed by atoms with van der Waals surface area (Å²) in [7, 11) is 1.56. The monoisotopic (exact) mass is 506 g/mol. The molecule has 0 unspecified atom stereocenters. The molecule has 0 radical (unpaired) electrons. The van der Waals surface area contributed by atoms with E-state index in [4.69, 9.17) is 21.3 Å². The molecular formula is C28H28ClFN4O2. The molecule has 2 heterocycles. The number of fused-ring (bicyclic) bond motifs is 1.